The molecule has 0 bridgehead atoms. The van der Waals surface area contributed by atoms with Gasteiger partial charge in [-0.05, 0) is 23.8 Å². The average Bonchev–Trinajstić information content (AvgIpc) is 1.99. The van der Waals surface area contributed by atoms with Crippen LogP contribution in [0.4, 0.5) is 0 Å². The van der Waals surface area contributed by atoms with Gasteiger partial charge in [-0.15, -0.1) is 0 Å². The molecular formula is C10H11Br2NO. The van der Waals surface area contributed by atoms with E-state index in [-0.39, 0.29) is 0 Å². The lowest BCUT2D eigenvalue weighted by Crippen LogP contribution is -2.45. The Morgan fingerprint density at radius 1 is 1.21 bits per heavy atom. The van der Waals surface area contributed by atoms with Crippen LogP contribution in [-0.2, 0) is 11.3 Å². The summed E-state index contributed by atoms with van der Waals surface area (Å²) in [4.78, 5) is 0. The summed E-state index contributed by atoms with van der Waals surface area (Å²) in [6, 6.07) is 6.82. The van der Waals surface area contributed by atoms with E-state index >= 15 is 0 Å². The van der Waals surface area contributed by atoms with E-state index in [2.05, 4.69) is 49.3 Å². The molecule has 1 saturated heterocycles. The third kappa shape index (κ3) is 2.79. The lowest BCUT2D eigenvalue weighted by Gasteiger charge is -2.27. The van der Waals surface area contributed by atoms with Crippen molar-refractivity contribution in [1.29, 1.82) is 0 Å². The highest BCUT2D eigenvalue weighted by Crippen LogP contribution is 2.20. The van der Waals surface area contributed by atoms with Gasteiger partial charge in [0.15, 0.2) is 0 Å². The fourth-order valence-electron chi connectivity index (χ4n) is 1.33. The van der Waals surface area contributed by atoms with E-state index in [0.29, 0.717) is 6.04 Å². The second-order valence-electron chi connectivity index (χ2n) is 3.39. The zero-order valence-corrected chi connectivity index (χ0v) is 10.8. The summed E-state index contributed by atoms with van der Waals surface area (Å²) < 4.78 is 7.30. The van der Waals surface area contributed by atoms with E-state index in [9.17, 15) is 0 Å². The van der Waals surface area contributed by atoms with Crippen molar-refractivity contribution in [1.82, 2.24) is 5.32 Å². The Bertz CT molecular complexity index is 306. The van der Waals surface area contributed by atoms with Gasteiger partial charge in [-0.3, -0.25) is 0 Å². The highest BCUT2D eigenvalue weighted by molar-refractivity contribution is 9.11. The molecule has 0 aliphatic carbocycles. The van der Waals surface area contributed by atoms with Gasteiger partial charge in [0.1, 0.15) is 0 Å². The summed E-state index contributed by atoms with van der Waals surface area (Å²) in [5, 5.41) is 3.42. The van der Waals surface area contributed by atoms with Crippen LogP contribution in [0.2, 0.25) is 0 Å². The first-order chi connectivity index (χ1) is 6.74. The fourth-order valence-corrected chi connectivity index (χ4v) is 2.72. The molecule has 1 N–H and O–H groups in total. The maximum absolute atomic E-state index is 5.09. The summed E-state index contributed by atoms with van der Waals surface area (Å²) in [6.45, 7) is 2.58. The SMILES string of the molecule is Brc1cc(Br)cc(CNC2COC2)c1. The Morgan fingerprint density at radius 3 is 2.36 bits per heavy atom. The van der Waals surface area contributed by atoms with Crippen LogP contribution in [0.5, 0.6) is 0 Å². The van der Waals surface area contributed by atoms with Crippen LogP contribution in [0.3, 0.4) is 0 Å². The van der Waals surface area contributed by atoms with Crippen LogP contribution in [0.15, 0.2) is 27.1 Å². The third-order valence-electron chi connectivity index (χ3n) is 2.16. The molecular weight excluding hydrogens is 310 g/mol. The molecule has 14 heavy (non-hydrogen) atoms. The molecule has 2 rings (SSSR count). The molecule has 1 aromatic rings. The summed E-state index contributed by atoms with van der Waals surface area (Å²) >= 11 is 6.94. The minimum Gasteiger partial charge on any atom is -0.378 e. The molecule has 1 fully saturated rings. The van der Waals surface area contributed by atoms with Gasteiger partial charge in [0.05, 0.1) is 19.3 Å². The van der Waals surface area contributed by atoms with Crippen molar-refractivity contribution in [3.8, 4) is 0 Å². The molecule has 2 nitrogen and oxygen atoms in total. The van der Waals surface area contributed by atoms with Crippen LogP contribution in [-0.4, -0.2) is 19.3 Å². The number of rotatable bonds is 3. The smallest absolute Gasteiger partial charge is 0.0643 e. The van der Waals surface area contributed by atoms with Gasteiger partial charge in [0.25, 0.3) is 0 Å². The molecule has 1 heterocycles. The zero-order chi connectivity index (χ0) is 9.97. The monoisotopic (exact) mass is 319 g/mol. The highest BCUT2D eigenvalue weighted by atomic mass is 79.9. The number of hydrogen-bond donors (Lipinski definition) is 1. The molecule has 0 aromatic heterocycles. The quantitative estimate of drug-likeness (QED) is 0.924. The lowest BCUT2D eigenvalue weighted by molar-refractivity contribution is -0.00578. The lowest BCUT2D eigenvalue weighted by atomic mass is 10.2. The normalized spacial score (nSPS) is 16.7. The Balaban J connectivity index is 1.94. The van der Waals surface area contributed by atoms with E-state index in [4.69, 9.17) is 4.74 Å². The predicted octanol–water partition coefficient (Wildman–Crippen LogP) is 2.70. The van der Waals surface area contributed by atoms with E-state index in [0.717, 1.165) is 28.7 Å². The van der Waals surface area contributed by atoms with E-state index in [1.807, 2.05) is 6.07 Å². The zero-order valence-electron chi connectivity index (χ0n) is 7.59. The third-order valence-corrected chi connectivity index (χ3v) is 3.07. The first-order valence-corrected chi connectivity index (χ1v) is 6.09. The van der Waals surface area contributed by atoms with Crippen molar-refractivity contribution < 1.29 is 4.74 Å². The van der Waals surface area contributed by atoms with Crippen molar-refractivity contribution in [2.75, 3.05) is 13.2 Å². The van der Waals surface area contributed by atoms with Crippen molar-refractivity contribution >= 4 is 31.9 Å². The second kappa shape index (κ2) is 4.75. The fraction of sp³-hybridized carbons (Fsp3) is 0.400. The van der Waals surface area contributed by atoms with Crippen LogP contribution < -0.4 is 5.32 Å². The summed E-state index contributed by atoms with van der Waals surface area (Å²) in [7, 11) is 0. The molecule has 4 heteroatoms. The van der Waals surface area contributed by atoms with Gasteiger partial charge in [-0.25, -0.2) is 0 Å². The topological polar surface area (TPSA) is 21.3 Å². The molecule has 0 atom stereocenters. The van der Waals surface area contributed by atoms with Crippen LogP contribution in [0, 0.1) is 0 Å². The predicted molar refractivity (Wildman–Crippen MR) is 63.3 cm³/mol. The van der Waals surface area contributed by atoms with Gasteiger partial charge >= 0.3 is 0 Å². The van der Waals surface area contributed by atoms with E-state index in [1.54, 1.807) is 0 Å². The van der Waals surface area contributed by atoms with Crippen molar-refractivity contribution in [3.05, 3.63) is 32.7 Å². The number of ether oxygens (including phenoxy) is 1. The minimum absolute atomic E-state index is 0.535. The van der Waals surface area contributed by atoms with Crippen LogP contribution >= 0.6 is 31.9 Å². The molecule has 0 amide bonds. The van der Waals surface area contributed by atoms with Crippen molar-refractivity contribution in [2.45, 2.75) is 12.6 Å². The Hall–Kier alpha value is 0.1000. The Kier molecular flexibility index (Phi) is 3.60. The molecule has 0 unspecified atom stereocenters. The van der Waals surface area contributed by atoms with Gasteiger partial charge in [0.2, 0.25) is 0 Å². The summed E-state index contributed by atoms with van der Waals surface area (Å²) in [5.74, 6) is 0. The van der Waals surface area contributed by atoms with Crippen LogP contribution in [0.1, 0.15) is 5.56 Å². The van der Waals surface area contributed by atoms with E-state index in [1.165, 1.54) is 5.56 Å². The Morgan fingerprint density at radius 2 is 1.86 bits per heavy atom. The molecule has 0 radical (unpaired) electrons. The number of nitrogens with one attached hydrogen (secondary N) is 1. The molecule has 0 saturated carbocycles. The maximum atomic E-state index is 5.09. The first kappa shape index (κ1) is 10.6. The number of halogens is 2. The van der Waals surface area contributed by atoms with Crippen molar-refractivity contribution in [2.24, 2.45) is 0 Å². The molecule has 0 spiro atoms. The van der Waals surface area contributed by atoms with Gasteiger partial charge in [-0.2, -0.15) is 0 Å². The number of hydrogen-bond acceptors (Lipinski definition) is 2. The van der Waals surface area contributed by atoms with E-state index < -0.39 is 0 Å². The standard InChI is InChI=1S/C10H11Br2NO/c11-8-1-7(2-9(12)3-8)4-13-10-5-14-6-10/h1-3,10,13H,4-6H2. The molecule has 1 aliphatic heterocycles. The van der Waals surface area contributed by atoms with Gasteiger partial charge < -0.3 is 10.1 Å². The second-order valence-corrected chi connectivity index (χ2v) is 5.22. The number of benzene rings is 1. The average molecular weight is 321 g/mol. The van der Waals surface area contributed by atoms with Crippen LogP contribution in [0.25, 0.3) is 0 Å². The summed E-state index contributed by atoms with van der Waals surface area (Å²) in [6.07, 6.45) is 0. The maximum Gasteiger partial charge on any atom is 0.0643 e. The van der Waals surface area contributed by atoms with Gasteiger partial charge in [0, 0.05) is 15.5 Å². The first-order valence-electron chi connectivity index (χ1n) is 4.50. The molecule has 76 valence electrons. The minimum atomic E-state index is 0.535. The largest absolute Gasteiger partial charge is 0.378 e. The molecule has 1 aromatic carbocycles. The highest BCUT2D eigenvalue weighted by Gasteiger charge is 2.16. The Labute approximate surface area is 100 Å². The van der Waals surface area contributed by atoms with Gasteiger partial charge in [-0.1, -0.05) is 31.9 Å². The van der Waals surface area contributed by atoms with Crippen molar-refractivity contribution in [3.63, 3.8) is 0 Å². The molecule has 1 aliphatic rings. The summed E-state index contributed by atoms with van der Waals surface area (Å²) in [5.41, 5.74) is 1.28.